The lowest BCUT2D eigenvalue weighted by Gasteiger charge is -2.11. The van der Waals surface area contributed by atoms with Crippen LogP contribution >= 0.6 is 0 Å². The molecule has 0 radical (unpaired) electrons. The highest BCUT2D eigenvalue weighted by molar-refractivity contribution is 6.19. The second kappa shape index (κ2) is 3.90. The van der Waals surface area contributed by atoms with Gasteiger partial charge in [0.05, 0.1) is 24.3 Å². The Morgan fingerprint density at radius 1 is 0.950 bits per heavy atom. The van der Waals surface area contributed by atoms with Gasteiger partial charge in [0.2, 0.25) is 0 Å². The number of ether oxygens (including phenoxy) is 1. The topological polar surface area (TPSA) is 35.0 Å². The van der Waals surface area contributed by atoms with Gasteiger partial charge in [-0.15, -0.1) is 0 Å². The molecule has 0 N–H and O–H groups in total. The van der Waals surface area contributed by atoms with Gasteiger partial charge >= 0.3 is 0 Å². The second-order valence-electron chi connectivity index (χ2n) is 4.78. The van der Waals surface area contributed by atoms with E-state index in [4.69, 9.17) is 4.74 Å². The van der Waals surface area contributed by atoms with Crippen LogP contribution in [0.15, 0.2) is 42.7 Å². The van der Waals surface area contributed by atoms with Gasteiger partial charge in [-0.1, -0.05) is 30.8 Å². The number of benzene rings is 2. The quantitative estimate of drug-likeness (QED) is 0.390. The SMILES string of the molecule is C=c1c2ccccc2c2ncc(OC)c3ccnc1c32. The summed E-state index contributed by atoms with van der Waals surface area (Å²) >= 11 is 0. The Kier molecular flexibility index (Phi) is 2.18. The molecule has 0 aliphatic heterocycles. The van der Waals surface area contributed by atoms with E-state index in [1.165, 1.54) is 0 Å². The second-order valence-corrected chi connectivity index (χ2v) is 4.78. The van der Waals surface area contributed by atoms with Crippen LogP contribution in [0.4, 0.5) is 0 Å². The Morgan fingerprint density at radius 2 is 1.75 bits per heavy atom. The van der Waals surface area contributed by atoms with Gasteiger partial charge in [0.1, 0.15) is 5.75 Å². The van der Waals surface area contributed by atoms with E-state index in [-0.39, 0.29) is 0 Å². The smallest absolute Gasteiger partial charge is 0.145 e. The standard InChI is InChI=1S/C17H12N2O/c1-10-11-5-3-4-6-12(11)17-15-13(7-8-18-16(10)15)14(20-2)9-19-17/h3-9H,1H2,2H3. The molecular weight excluding hydrogens is 248 g/mol. The van der Waals surface area contributed by atoms with Gasteiger partial charge in [-0.2, -0.15) is 0 Å². The molecule has 96 valence electrons. The van der Waals surface area contributed by atoms with E-state index in [9.17, 15) is 0 Å². The molecular formula is C17H12N2O. The lowest BCUT2D eigenvalue weighted by Crippen LogP contribution is -2.05. The molecule has 2 aromatic carbocycles. The third kappa shape index (κ3) is 1.29. The number of pyridine rings is 2. The highest BCUT2D eigenvalue weighted by Gasteiger charge is 2.13. The summed E-state index contributed by atoms with van der Waals surface area (Å²) < 4.78 is 5.41. The minimum atomic E-state index is 0.764. The molecule has 2 aromatic heterocycles. The zero-order chi connectivity index (χ0) is 13.7. The first kappa shape index (κ1) is 11.2. The molecule has 4 aromatic rings. The summed E-state index contributed by atoms with van der Waals surface area (Å²) in [5.41, 5.74) is 1.84. The summed E-state index contributed by atoms with van der Waals surface area (Å²) in [6, 6.07) is 10.1. The molecule has 0 saturated heterocycles. The summed E-state index contributed by atoms with van der Waals surface area (Å²) in [5, 5.41) is 5.19. The third-order valence-corrected chi connectivity index (χ3v) is 3.78. The van der Waals surface area contributed by atoms with E-state index < -0.39 is 0 Å². The summed E-state index contributed by atoms with van der Waals surface area (Å²) in [6.07, 6.45) is 3.56. The average Bonchev–Trinajstić information content (AvgIpc) is 2.52. The first-order valence-corrected chi connectivity index (χ1v) is 6.42. The predicted octanol–water partition coefficient (Wildman–Crippen LogP) is 3.07. The number of rotatable bonds is 1. The van der Waals surface area contributed by atoms with E-state index >= 15 is 0 Å². The van der Waals surface area contributed by atoms with E-state index in [1.807, 2.05) is 18.2 Å². The van der Waals surface area contributed by atoms with Crippen molar-refractivity contribution in [2.24, 2.45) is 0 Å². The largest absolute Gasteiger partial charge is 0.494 e. The number of hydrogen-bond donors (Lipinski definition) is 0. The first-order valence-electron chi connectivity index (χ1n) is 6.42. The van der Waals surface area contributed by atoms with Crippen LogP contribution in [0, 0.1) is 0 Å². The highest BCUT2D eigenvalue weighted by Crippen LogP contribution is 2.32. The molecule has 0 bridgehead atoms. The predicted molar refractivity (Wildman–Crippen MR) is 81.8 cm³/mol. The van der Waals surface area contributed by atoms with Crippen molar-refractivity contribution in [2.45, 2.75) is 0 Å². The molecule has 0 unspecified atom stereocenters. The lowest BCUT2D eigenvalue weighted by molar-refractivity contribution is 0.418. The molecule has 0 aliphatic carbocycles. The average molecular weight is 260 g/mol. The fraction of sp³-hybridized carbons (Fsp3) is 0.0588. The number of methoxy groups -OCH3 is 1. The van der Waals surface area contributed by atoms with Crippen LogP contribution in [-0.2, 0) is 0 Å². The van der Waals surface area contributed by atoms with Crippen LogP contribution < -0.4 is 9.96 Å². The number of fused-ring (bicyclic) bond motifs is 2. The summed E-state index contributed by atoms with van der Waals surface area (Å²) in [7, 11) is 1.66. The number of aromatic nitrogens is 2. The van der Waals surface area contributed by atoms with Crippen LogP contribution in [0.2, 0.25) is 0 Å². The normalized spacial score (nSPS) is 11.4. The minimum absolute atomic E-state index is 0.764. The van der Waals surface area contributed by atoms with Gasteiger partial charge in [0.25, 0.3) is 0 Å². The Bertz CT molecular complexity index is 1010. The first-order chi connectivity index (χ1) is 9.81. The molecule has 0 fully saturated rings. The lowest BCUT2D eigenvalue weighted by atomic mass is 10.00. The summed E-state index contributed by atoms with van der Waals surface area (Å²) in [5.74, 6) is 0.764. The van der Waals surface area contributed by atoms with Gasteiger partial charge < -0.3 is 4.74 Å². The minimum Gasteiger partial charge on any atom is -0.494 e. The number of hydrogen-bond acceptors (Lipinski definition) is 3. The Balaban J connectivity index is 2.43. The monoisotopic (exact) mass is 260 g/mol. The van der Waals surface area contributed by atoms with Crippen LogP contribution in [0.1, 0.15) is 0 Å². The maximum absolute atomic E-state index is 5.41. The van der Waals surface area contributed by atoms with Crippen LogP contribution in [0.3, 0.4) is 0 Å². The molecule has 0 aliphatic rings. The molecule has 0 amide bonds. The molecule has 2 heterocycles. The van der Waals surface area contributed by atoms with Crippen molar-refractivity contribution in [3.63, 3.8) is 0 Å². The van der Waals surface area contributed by atoms with Crippen molar-refractivity contribution >= 4 is 39.2 Å². The zero-order valence-electron chi connectivity index (χ0n) is 11.1. The molecule has 20 heavy (non-hydrogen) atoms. The maximum Gasteiger partial charge on any atom is 0.145 e. The zero-order valence-corrected chi connectivity index (χ0v) is 11.1. The van der Waals surface area contributed by atoms with Gasteiger partial charge in [-0.25, -0.2) is 0 Å². The Morgan fingerprint density at radius 3 is 2.55 bits per heavy atom. The fourth-order valence-electron chi connectivity index (χ4n) is 2.84. The van der Waals surface area contributed by atoms with Crippen molar-refractivity contribution in [2.75, 3.05) is 7.11 Å². The Labute approximate surface area is 115 Å². The van der Waals surface area contributed by atoms with Crippen molar-refractivity contribution in [1.82, 2.24) is 9.97 Å². The van der Waals surface area contributed by atoms with Crippen LogP contribution in [0.5, 0.6) is 5.75 Å². The Hall–Kier alpha value is -2.68. The van der Waals surface area contributed by atoms with Crippen molar-refractivity contribution in [1.29, 1.82) is 0 Å². The summed E-state index contributed by atoms with van der Waals surface area (Å²) in [6.45, 7) is 4.20. The highest BCUT2D eigenvalue weighted by atomic mass is 16.5. The molecule has 3 nitrogen and oxygen atoms in total. The molecule has 0 spiro atoms. The third-order valence-electron chi connectivity index (χ3n) is 3.78. The molecule has 0 saturated carbocycles. The van der Waals surface area contributed by atoms with Gasteiger partial charge in [0, 0.05) is 27.6 Å². The van der Waals surface area contributed by atoms with Gasteiger partial charge in [-0.05, 0) is 11.5 Å². The molecule has 3 heteroatoms. The van der Waals surface area contributed by atoms with E-state index in [1.54, 1.807) is 19.5 Å². The fourth-order valence-corrected chi connectivity index (χ4v) is 2.84. The molecule has 0 atom stereocenters. The van der Waals surface area contributed by atoms with E-state index in [2.05, 4.69) is 28.7 Å². The summed E-state index contributed by atoms with van der Waals surface area (Å²) in [4.78, 5) is 9.08. The van der Waals surface area contributed by atoms with Crippen LogP contribution in [-0.4, -0.2) is 17.1 Å². The molecule has 4 rings (SSSR count). The van der Waals surface area contributed by atoms with Crippen LogP contribution in [0.25, 0.3) is 39.2 Å². The van der Waals surface area contributed by atoms with E-state index in [0.717, 1.165) is 43.5 Å². The van der Waals surface area contributed by atoms with Crippen molar-refractivity contribution in [3.8, 4) is 5.75 Å². The van der Waals surface area contributed by atoms with Crippen molar-refractivity contribution in [3.05, 3.63) is 47.9 Å². The maximum atomic E-state index is 5.41. The van der Waals surface area contributed by atoms with E-state index in [0.29, 0.717) is 0 Å². The van der Waals surface area contributed by atoms with Gasteiger partial charge in [0.15, 0.2) is 0 Å². The van der Waals surface area contributed by atoms with Gasteiger partial charge in [-0.3, -0.25) is 9.97 Å². The number of nitrogens with zero attached hydrogens (tertiary/aromatic N) is 2. The van der Waals surface area contributed by atoms with Crippen molar-refractivity contribution < 1.29 is 4.74 Å².